The smallest absolute Gasteiger partial charge is 0.326 e. The van der Waals surface area contributed by atoms with Crippen molar-refractivity contribution >= 4 is 23.8 Å². The molecule has 9 nitrogen and oxygen atoms in total. The molecule has 17 heavy (non-hydrogen) atoms. The van der Waals surface area contributed by atoms with Gasteiger partial charge in [0.15, 0.2) is 0 Å². The minimum absolute atomic E-state index is 0.537. The van der Waals surface area contributed by atoms with E-state index >= 15 is 0 Å². The number of hydrogen-bond donors (Lipinski definition) is 5. The number of amides is 4. The summed E-state index contributed by atoms with van der Waals surface area (Å²) in [6.45, 7) is 1.31. The molecule has 0 fully saturated rings. The van der Waals surface area contributed by atoms with Crippen molar-refractivity contribution < 1.29 is 24.3 Å². The van der Waals surface area contributed by atoms with Gasteiger partial charge in [0, 0.05) is 0 Å². The van der Waals surface area contributed by atoms with E-state index in [1.807, 2.05) is 5.32 Å². The maximum atomic E-state index is 11.4. The predicted octanol–water partition coefficient (Wildman–Crippen LogP) is -2.51. The number of carbonyl (C=O) groups is 4. The van der Waals surface area contributed by atoms with Gasteiger partial charge in [-0.3, -0.25) is 9.59 Å². The number of nitrogens with two attached hydrogens (primary N) is 2. The Labute approximate surface area is 96.5 Å². The Morgan fingerprint density at radius 2 is 1.71 bits per heavy atom. The highest BCUT2D eigenvalue weighted by Crippen LogP contribution is 1.93. The monoisotopic (exact) mass is 246 g/mol. The van der Waals surface area contributed by atoms with Gasteiger partial charge in [0.05, 0.1) is 6.42 Å². The first kappa shape index (κ1) is 14.7. The Balaban J connectivity index is 4.44. The number of carboxylic acid groups (broad SMARTS) is 1. The SMILES string of the molecule is CC(NC(N)=O)C(=O)N[C@H](CC(N)=O)C(=O)O. The van der Waals surface area contributed by atoms with Gasteiger partial charge in [0.2, 0.25) is 11.8 Å². The zero-order chi connectivity index (χ0) is 13.6. The van der Waals surface area contributed by atoms with Gasteiger partial charge in [0.25, 0.3) is 0 Å². The molecule has 0 radical (unpaired) electrons. The van der Waals surface area contributed by atoms with Crippen molar-refractivity contribution in [2.75, 3.05) is 0 Å². The van der Waals surface area contributed by atoms with E-state index in [1.165, 1.54) is 6.92 Å². The van der Waals surface area contributed by atoms with Crippen molar-refractivity contribution in [3.8, 4) is 0 Å². The van der Waals surface area contributed by atoms with Gasteiger partial charge in [-0.1, -0.05) is 0 Å². The highest BCUT2D eigenvalue weighted by atomic mass is 16.4. The van der Waals surface area contributed by atoms with Crippen LogP contribution in [0.1, 0.15) is 13.3 Å². The number of carboxylic acids is 1. The molecule has 0 aromatic heterocycles. The van der Waals surface area contributed by atoms with Crippen molar-refractivity contribution in [1.82, 2.24) is 10.6 Å². The van der Waals surface area contributed by atoms with Crippen LogP contribution in [0.2, 0.25) is 0 Å². The normalized spacial score (nSPS) is 13.2. The summed E-state index contributed by atoms with van der Waals surface area (Å²) < 4.78 is 0. The Kier molecular flexibility index (Phi) is 5.44. The first-order valence-corrected chi connectivity index (χ1v) is 4.61. The maximum absolute atomic E-state index is 11.4. The lowest BCUT2D eigenvalue weighted by molar-refractivity contribution is -0.143. The van der Waals surface area contributed by atoms with Crippen LogP contribution in [0.3, 0.4) is 0 Å². The zero-order valence-electron chi connectivity index (χ0n) is 9.10. The number of rotatable bonds is 6. The Morgan fingerprint density at radius 1 is 1.18 bits per heavy atom. The van der Waals surface area contributed by atoms with Gasteiger partial charge in [0.1, 0.15) is 12.1 Å². The van der Waals surface area contributed by atoms with Crippen LogP contribution in [-0.2, 0) is 14.4 Å². The van der Waals surface area contributed by atoms with Crippen molar-refractivity contribution in [2.45, 2.75) is 25.4 Å². The molecule has 0 aliphatic carbocycles. The molecule has 1 unspecified atom stereocenters. The van der Waals surface area contributed by atoms with Gasteiger partial charge in [-0.15, -0.1) is 0 Å². The molecule has 0 aromatic rings. The molecule has 0 aliphatic heterocycles. The highest BCUT2D eigenvalue weighted by molar-refractivity contribution is 5.91. The summed E-state index contributed by atoms with van der Waals surface area (Å²) in [5.41, 5.74) is 9.60. The van der Waals surface area contributed by atoms with Gasteiger partial charge in [-0.2, -0.15) is 0 Å². The van der Waals surface area contributed by atoms with Crippen LogP contribution in [0, 0.1) is 0 Å². The summed E-state index contributed by atoms with van der Waals surface area (Å²) in [7, 11) is 0. The third kappa shape index (κ3) is 5.97. The van der Waals surface area contributed by atoms with Crippen molar-refractivity contribution in [3.63, 3.8) is 0 Å². The van der Waals surface area contributed by atoms with Crippen molar-refractivity contribution in [2.24, 2.45) is 11.5 Å². The summed E-state index contributed by atoms with van der Waals surface area (Å²) in [5.74, 6) is -3.05. The second-order valence-corrected chi connectivity index (χ2v) is 3.30. The van der Waals surface area contributed by atoms with E-state index in [9.17, 15) is 19.2 Å². The second kappa shape index (κ2) is 6.30. The van der Waals surface area contributed by atoms with E-state index < -0.39 is 42.3 Å². The fraction of sp³-hybridized carbons (Fsp3) is 0.500. The molecular weight excluding hydrogens is 232 g/mol. The molecule has 0 rings (SSSR count). The Morgan fingerprint density at radius 3 is 2.06 bits per heavy atom. The minimum Gasteiger partial charge on any atom is -0.480 e. The number of urea groups is 1. The third-order valence-electron chi connectivity index (χ3n) is 1.77. The summed E-state index contributed by atoms with van der Waals surface area (Å²) in [5, 5.41) is 12.8. The molecule has 0 aromatic carbocycles. The first-order chi connectivity index (χ1) is 7.73. The van der Waals surface area contributed by atoms with Crippen LogP contribution in [0.5, 0.6) is 0 Å². The fourth-order valence-corrected chi connectivity index (χ4v) is 0.977. The van der Waals surface area contributed by atoms with Gasteiger partial charge < -0.3 is 27.2 Å². The summed E-state index contributed by atoms with van der Waals surface area (Å²) in [6.07, 6.45) is -0.537. The third-order valence-corrected chi connectivity index (χ3v) is 1.77. The molecule has 0 aliphatic rings. The van der Waals surface area contributed by atoms with Crippen LogP contribution >= 0.6 is 0 Å². The van der Waals surface area contributed by atoms with Crippen LogP contribution in [-0.4, -0.2) is 41.0 Å². The molecule has 0 saturated carbocycles. The zero-order valence-corrected chi connectivity index (χ0v) is 9.10. The van der Waals surface area contributed by atoms with Crippen LogP contribution < -0.4 is 22.1 Å². The molecule has 9 heteroatoms. The fourth-order valence-electron chi connectivity index (χ4n) is 0.977. The predicted molar refractivity (Wildman–Crippen MR) is 55.6 cm³/mol. The molecule has 0 heterocycles. The molecule has 0 bridgehead atoms. The lowest BCUT2D eigenvalue weighted by Crippen LogP contribution is -2.52. The lowest BCUT2D eigenvalue weighted by atomic mass is 10.2. The number of carbonyl (C=O) groups excluding carboxylic acids is 3. The van der Waals surface area contributed by atoms with Crippen molar-refractivity contribution in [3.05, 3.63) is 0 Å². The first-order valence-electron chi connectivity index (χ1n) is 4.61. The molecular formula is C8H14N4O5. The second-order valence-electron chi connectivity index (χ2n) is 3.30. The molecule has 4 amide bonds. The largest absolute Gasteiger partial charge is 0.480 e. The average molecular weight is 246 g/mol. The Hall–Kier alpha value is -2.32. The van der Waals surface area contributed by atoms with Gasteiger partial charge >= 0.3 is 12.0 Å². The van der Waals surface area contributed by atoms with E-state index in [-0.39, 0.29) is 0 Å². The number of aliphatic carboxylic acids is 1. The number of primary amides is 2. The van der Waals surface area contributed by atoms with E-state index in [1.54, 1.807) is 0 Å². The van der Waals surface area contributed by atoms with Crippen LogP contribution in [0.4, 0.5) is 4.79 Å². The number of nitrogens with one attached hydrogen (secondary N) is 2. The maximum Gasteiger partial charge on any atom is 0.326 e. The molecule has 2 atom stereocenters. The van der Waals surface area contributed by atoms with E-state index in [4.69, 9.17) is 16.6 Å². The number of hydrogen-bond acceptors (Lipinski definition) is 4. The molecule has 7 N–H and O–H groups in total. The molecule has 96 valence electrons. The van der Waals surface area contributed by atoms with E-state index in [0.29, 0.717) is 0 Å². The lowest BCUT2D eigenvalue weighted by Gasteiger charge is -2.16. The highest BCUT2D eigenvalue weighted by Gasteiger charge is 2.24. The summed E-state index contributed by atoms with van der Waals surface area (Å²) >= 11 is 0. The topological polar surface area (TPSA) is 165 Å². The standard InChI is InChI=1S/C8H14N4O5/c1-3(11-8(10)17)6(14)12-4(7(15)16)2-5(9)13/h3-4H,2H2,1H3,(H2,9,13)(H,12,14)(H,15,16)(H3,10,11,17)/t3?,4-/m1/s1. The summed E-state index contributed by atoms with van der Waals surface area (Å²) in [4.78, 5) is 43.1. The molecule has 0 saturated heterocycles. The van der Waals surface area contributed by atoms with E-state index in [2.05, 4.69) is 5.32 Å². The van der Waals surface area contributed by atoms with Gasteiger partial charge in [-0.05, 0) is 6.92 Å². The quantitative estimate of drug-likeness (QED) is 0.348. The average Bonchev–Trinajstić information content (AvgIpc) is 2.14. The van der Waals surface area contributed by atoms with Crippen LogP contribution in [0.25, 0.3) is 0 Å². The van der Waals surface area contributed by atoms with Crippen LogP contribution in [0.15, 0.2) is 0 Å². The van der Waals surface area contributed by atoms with Gasteiger partial charge in [-0.25, -0.2) is 9.59 Å². The summed E-state index contributed by atoms with van der Waals surface area (Å²) in [6, 6.07) is -3.37. The van der Waals surface area contributed by atoms with Crippen molar-refractivity contribution in [1.29, 1.82) is 0 Å². The molecule has 0 spiro atoms. The van der Waals surface area contributed by atoms with E-state index in [0.717, 1.165) is 0 Å². The minimum atomic E-state index is -1.43. The Bertz CT molecular complexity index is 343.